The average Bonchev–Trinajstić information content (AvgIpc) is 3.46. The third kappa shape index (κ3) is 19.0. The highest BCUT2D eigenvalue weighted by atomic mass is 32.1. The SMILES string of the molecule is Cc1ccc2c(c1)OCO2.N#N.NCCC(=O)O.NCCCCN.N[C@@H](CS)C(=O)O.Nc1cccc2ccccc12. The van der Waals surface area contributed by atoms with E-state index in [4.69, 9.17) is 59.1 Å². The van der Waals surface area contributed by atoms with Crippen LogP contribution in [0.25, 0.3) is 10.8 Å². The topological polar surface area (TPSA) is 271 Å². The maximum atomic E-state index is 9.76. The Morgan fingerprint density at radius 1 is 0.905 bits per heavy atom. The Kier molecular flexibility index (Phi) is 24.6. The third-order valence-electron chi connectivity index (χ3n) is 4.88. The fraction of sp³-hybridized carbons (Fsp3) is 0.357. The van der Waals surface area contributed by atoms with E-state index < -0.39 is 18.0 Å². The van der Waals surface area contributed by atoms with Crippen molar-refractivity contribution in [1.82, 2.24) is 0 Å². The van der Waals surface area contributed by atoms with Crippen molar-refractivity contribution in [2.75, 3.05) is 37.9 Å². The van der Waals surface area contributed by atoms with Gasteiger partial charge in [0.15, 0.2) is 11.5 Å². The number of carbonyl (C=O) groups is 2. The van der Waals surface area contributed by atoms with Crippen molar-refractivity contribution in [2.24, 2.45) is 22.9 Å². The van der Waals surface area contributed by atoms with Gasteiger partial charge in [0.2, 0.25) is 6.79 Å². The number of aryl methyl sites for hydroxylation is 1. The molecule has 1 atom stereocenters. The summed E-state index contributed by atoms with van der Waals surface area (Å²) in [7, 11) is 0. The van der Waals surface area contributed by atoms with E-state index in [9.17, 15) is 9.59 Å². The van der Waals surface area contributed by atoms with Gasteiger partial charge in [-0.05, 0) is 62.0 Å². The number of nitrogen functional groups attached to an aromatic ring is 1. The molecule has 0 aromatic heterocycles. The van der Waals surface area contributed by atoms with Crippen LogP contribution in [-0.2, 0) is 9.59 Å². The third-order valence-corrected chi connectivity index (χ3v) is 5.28. The number of aliphatic carboxylic acids is 2. The van der Waals surface area contributed by atoms with E-state index in [0.29, 0.717) is 6.79 Å². The van der Waals surface area contributed by atoms with Crippen molar-refractivity contribution in [3.8, 4) is 11.5 Å². The Morgan fingerprint density at radius 2 is 1.48 bits per heavy atom. The normalized spacial score (nSPS) is 10.7. The van der Waals surface area contributed by atoms with Gasteiger partial charge < -0.3 is 48.4 Å². The van der Waals surface area contributed by atoms with Crippen LogP contribution in [0.2, 0.25) is 0 Å². The minimum Gasteiger partial charge on any atom is -0.481 e. The molecule has 232 valence electrons. The summed E-state index contributed by atoms with van der Waals surface area (Å²) in [5.41, 5.74) is 27.9. The van der Waals surface area contributed by atoms with Crippen LogP contribution in [0.5, 0.6) is 11.5 Å². The summed E-state index contributed by atoms with van der Waals surface area (Å²) in [4.78, 5) is 19.3. The zero-order valence-electron chi connectivity index (χ0n) is 23.8. The van der Waals surface area contributed by atoms with Crippen LogP contribution in [0.1, 0.15) is 24.8 Å². The number of benzene rings is 3. The second kappa shape index (κ2) is 25.8. The van der Waals surface area contributed by atoms with Crippen LogP contribution in [0.3, 0.4) is 0 Å². The molecule has 0 aliphatic carbocycles. The minimum atomic E-state index is -1.00. The van der Waals surface area contributed by atoms with E-state index in [0.717, 1.165) is 48.5 Å². The molecule has 14 heteroatoms. The number of unbranched alkanes of at least 4 members (excludes halogenated alkanes) is 1. The Morgan fingerprint density at radius 3 is 1.93 bits per heavy atom. The predicted octanol–water partition coefficient (Wildman–Crippen LogP) is 2.61. The summed E-state index contributed by atoms with van der Waals surface area (Å²) in [5.74, 6) is 0.0631. The number of hydrogen-bond acceptors (Lipinski definition) is 12. The van der Waals surface area contributed by atoms with Gasteiger partial charge in [-0.2, -0.15) is 12.6 Å². The molecule has 0 bridgehead atoms. The van der Waals surface area contributed by atoms with Crippen molar-refractivity contribution in [1.29, 1.82) is 10.8 Å². The molecule has 0 fully saturated rings. The monoisotopic (exact) mass is 605 g/mol. The van der Waals surface area contributed by atoms with E-state index in [2.05, 4.69) is 24.8 Å². The van der Waals surface area contributed by atoms with Crippen molar-refractivity contribution in [3.05, 3.63) is 66.2 Å². The van der Waals surface area contributed by atoms with Crippen LogP contribution < -0.4 is 38.1 Å². The van der Waals surface area contributed by atoms with Crippen molar-refractivity contribution in [2.45, 2.75) is 32.2 Å². The zero-order chi connectivity index (χ0) is 32.3. The highest BCUT2D eigenvalue weighted by Crippen LogP contribution is 2.31. The van der Waals surface area contributed by atoms with Gasteiger partial charge in [-0.3, -0.25) is 9.59 Å². The number of carboxylic acids is 2. The number of fused-ring (bicyclic) bond motifs is 2. The maximum absolute atomic E-state index is 9.76. The standard InChI is InChI=1S/C10H9N.C8H8O2.C4H12N2.C3H7NO2S.C3H7NO2.N2/c11-10-7-3-5-8-4-1-2-6-9(8)10;1-6-2-3-7-8(4-6)10-5-9-7;5-3-1-2-4-6;4-2(1-7)3(5)6;4-2-1-3(5)6;1-2/h1-7H,11H2;2-4H,5H2,1H3;1-6H2;2,7H,1,4H2,(H,5,6);1-2,4H2,(H,5,6);/t;;;2-;;/m...0../s1. The number of hydrogen-bond donors (Lipinski definition) is 8. The van der Waals surface area contributed by atoms with Gasteiger partial charge in [0.1, 0.15) is 6.04 Å². The molecule has 0 saturated heterocycles. The quantitative estimate of drug-likeness (QED) is 0.0833. The molecule has 1 aliphatic heterocycles. The van der Waals surface area contributed by atoms with E-state index >= 15 is 0 Å². The second-order valence-corrected chi connectivity index (χ2v) is 8.63. The number of rotatable bonds is 7. The van der Waals surface area contributed by atoms with E-state index in [1.165, 1.54) is 10.9 Å². The summed E-state index contributed by atoms with van der Waals surface area (Å²) in [5, 5.41) is 30.2. The molecular formula is C28H43N7O6S. The van der Waals surface area contributed by atoms with Crippen LogP contribution in [0.4, 0.5) is 5.69 Å². The van der Waals surface area contributed by atoms with Crippen molar-refractivity contribution < 1.29 is 29.3 Å². The van der Waals surface area contributed by atoms with Gasteiger partial charge in [0.25, 0.3) is 0 Å². The highest BCUT2D eigenvalue weighted by molar-refractivity contribution is 7.80. The molecule has 0 radical (unpaired) electrons. The molecule has 0 unspecified atom stereocenters. The first kappa shape index (κ1) is 40.0. The molecule has 4 rings (SSSR count). The Bertz CT molecular complexity index is 1170. The molecule has 0 saturated carbocycles. The summed E-state index contributed by atoms with van der Waals surface area (Å²) in [6, 6.07) is 19.2. The Hall–Kier alpha value is -4.13. The number of thiol groups is 1. The van der Waals surface area contributed by atoms with Crippen LogP contribution in [0.15, 0.2) is 60.7 Å². The zero-order valence-corrected chi connectivity index (χ0v) is 24.7. The van der Waals surface area contributed by atoms with Gasteiger partial charge in [-0.1, -0.05) is 42.5 Å². The molecule has 3 aromatic carbocycles. The van der Waals surface area contributed by atoms with Gasteiger partial charge in [0.05, 0.1) is 6.42 Å². The lowest BCUT2D eigenvalue weighted by molar-refractivity contribution is -0.138. The van der Waals surface area contributed by atoms with Crippen molar-refractivity contribution in [3.63, 3.8) is 0 Å². The molecule has 42 heavy (non-hydrogen) atoms. The number of nitrogens with zero attached hydrogens (tertiary/aromatic N) is 2. The Labute approximate surface area is 251 Å². The fourth-order valence-electron chi connectivity index (χ4n) is 2.74. The molecule has 12 N–H and O–H groups in total. The lowest BCUT2D eigenvalue weighted by atomic mass is 10.1. The molecule has 0 spiro atoms. The lowest BCUT2D eigenvalue weighted by Gasteiger charge is -1.98. The van der Waals surface area contributed by atoms with Crippen molar-refractivity contribution >= 4 is 41.0 Å². The molecule has 1 heterocycles. The van der Waals surface area contributed by atoms with Crippen LogP contribution >= 0.6 is 12.6 Å². The number of ether oxygens (including phenoxy) is 2. The number of carboxylic acid groups (broad SMARTS) is 2. The predicted molar refractivity (Wildman–Crippen MR) is 167 cm³/mol. The van der Waals surface area contributed by atoms with E-state index in [1.807, 2.05) is 55.5 Å². The smallest absolute Gasteiger partial charge is 0.321 e. The second-order valence-electron chi connectivity index (χ2n) is 8.27. The summed E-state index contributed by atoms with van der Waals surface area (Å²) < 4.78 is 10.3. The number of anilines is 1. The van der Waals surface area contributed by atoms with E-state index in [-0.39, 0.29) is 18.7 Å². The van der Waals surface area contributed by atoms with Crippen LogP contribution in [-0.4, -0.2) is 60.4 Å². The van der Waals surface area contributed by atoms with E-state index in [1.54, 1.807) is 0 Å². The summed E-state index contributed by atoms with van der Waals surface area (Å²) in [6.07, 6.45) is 2.20. The highest BCUT2D eigenvalue weighted by Gasteiger charge is 2.11. The molecule has 1 aliphatic rings. The molecule has 13 nitrogen and oxygen atoms in total. The van der Waals surface area contributed by atoms with Gasteiger partial charge >= 0.3 is 11.9 Å². The van der Waals surface area contributed by atoms with Gasteiger partial charge in [-0.25, -0.2) is 0 Å². The van der Waals surface area contributed by atoms with Gasteiger partial charge in [0, 0.05) is 34.2 Å². The minimum absolute atomic E-state index is 0.0694. The van der Waals surface area contributed by atoms with Crippen LogP contribution in [0, 0.1) is 17.7 Å². The Balaban J connectivity index is 0. The number of nitrogens with two attached hydrogens (primary N) is 5. The lowest BCUT2D eigenvalue weighted by Crippen LogP contribution is -2.31. The average molecular weight is 606 g/mol. The summed E-state index contributed by atoms with van der Waals surface area (Å²) in [6.45, 7) is 4.17. The summed E-state index contributed by atoms with van der Waals surface area (Å²) >= 11 is 3.65. The first-order valence-corrected chi connectivity index (χ1v) is 13.4. The largest absolute Gasteiger partial charge is 0.481 e. The first-order valence-electron chi connectivity index (χ1n) is 12.8. The first-order chi connectivity index (χ1) is 20.1. The molecule has 3 aromatic rings. The van der Waals surface area contributed by atoms with Gasteiger partial charge in [-0.15, -0.1) is 0 Å². The molecule has 0 amide bonds. The maximum Gasteiger partial charge on any atom is 0.321 e. The molecular weight excluding hydrogens is 562 g/mol. The fourth-order valence-corrected chi connectivity index (χ4v) is 2.90.